The summed E-state index contributed by atoms with van der Waals surface area (Å²) in [6.45, 7) is 1.81. The van der Waals surface area contributed by atoms with Gasteiger partial charge in [-0.2, -0.15) is 5.26 Å². The molecule has 5 nitrogen and oxygen atoms in total. The molecular formula is C11H10N2O3. The summed E-state index contributed by atoms with van der Waals surface area (Å²) in [5, 5.41) is 20.9. The van der Waals surface area contributed by atoms with E-state index < -0.39 is 12.1 Å². The number of benzene rings is 1. The van der Waals surface area contributed by atoms with Gasteiger partial charge < -0.3 is 15.2 Å². The highest BCUT2D eigenvalue weighted by Crippen LogP contribution is 2.34. The van der Waals surface area contributed by atoms with Crippen molar-refractivity contribution in [2.75, 3.05) is 5.32 Å². The van der Waals surface area contributed by atoms with Gasteiger partial charge in [-0.1, -0.05) is 6.07 Å². The van der Waals surface area contributed by atoms with Crippen LogP contribution in [0.4, 0.5) is 5.69 Å². The molecule has 0 saturated heterocycles. The van der Waals surface area contributed by atoms with Gasteiger partial charge in [-0.25, -0.2) is 4.79 Å². The van der Waals surface area contributed by atoms with E-state index in [0.29, 0.717) is 5.69 Å². The lowest BCUT2D eigenvalue weighted by molar-refractivity contribution is 0.0689. The Kier molecular flexibility index (Phi) is 2.41. The fraction of sp³-hybridized carbons (Fsp3) is 0.273. The predicted octanol–water partition coefficient (Wildman–Crippen LogP) is 1.47. The number of ether oxygens (including phenoxy) is 1. The Bertz CT molecular complexity index is 479. The third-order valence-corrected chi connectivity index (χ3v) is 2.45. The number of carboxylic acid groups (broad SMARTS) is 1. The summed E-state index contributed by atoms with van der Waals surface area (Å²) in [4.78, 5) is 11.0. The van der Waals surface area contributed by atoms with Gasteiger partial charge in [0.1, 0.15) is 11.6 Å². The highest BCUT2D eigenvalue weighted by atomic mass is 16.5. The Morgan fingerprint density at radius 2 is 2.38 bits per heavy atom. The van der Waals surface area contributed by atoms with E-state index in [9.17, 15) is 4.79 Å². The van der Waals surface area contributed by atoms with Gasteiger partial charge >= 0.3 is 5.97 Å². The molecule has 1 aromatic carbocycles. The molecule has 2 atom stereocenters. The number of nitrogens with zero attached hydrogens (tertiary/aromatic N) is 1. The molecular weight excluding hydrogens is 208 g/mol. The van der Waals surface area contributed by atoms with Crippen molar-refractivity contribution in [1.82, 2.24) is 0 Å². The van der Waals surface area contributed by atoms with Gasteiger partial charge in [0.15, 0.2) is 5.75 Å². The third-order valence-electron chi connectivity index (χ3n) is 2.45. The number of rotatable bonds is 1. The fourth-order valence-electron chi connectivity index (χ4n) is 1.63. The van der Waals surface area contributed by atoms with Crippen LogP contribution in [0.2, 0.25) is 0 Å². The normalized spacial score (nSPS) is 22.2. The van der Waals surface area contributed by atoms with E-state index in [1.165, 1.54) is 6.07 Å². The highest BCUT2D eigenvalue weighted by molar-refractivity contribution is 5.93. The van der Waals surface area contributed by atoms with Crippen molar-refractivity contribution < 1.29 is 14.6 Å². The standard InChI is InChI=1S/C11H10N2O3/c1-6-9(5-12)16-10-7(11(14)15)3-2-4-8(10)13-6/h2-4,6,9,13H,1H3,(H,14,15). The summed E-state index contributed by atoms with van der Waals surface area (Å²) < 4.78 is 5.38. The first-order valence-electron chi connectivity index (χ1n) is 4.82. The zero-order valence-electron chi connectivity index (χ0n) is 8.60. The number of nitrogens with one attached hydrogen (secondary N) is 1. The maximum absolute atomic E-state index is 11.0. The molecule has 0 spiro atoms. The Hall–Kier alpha value is -2.22. The van der Waals surface area contributed by atoms with E-state index in [1.807, 2.05) is 13.0 Å². The smallest absolute Gasteiger partial charge is 0.339 e. The van der Waals surface area contributed by atoms with E-state index in [0.717, 1.165) is 0 Å². The topological polar surface area (TPSA) is 82.3 Å². The zero-order chi connectivity index (χ0) is 11.7. The number of carboxylic acids is 1. The first-order chi connectivity index (χ1) is 7.63. The molecule has 82 valence electrons. The Balaban J connectivity index is 2.48. The SMILES string of the molecule is CC1Nc2cccc(C(=O)O)c2OC1C#N. The first-order valence-corrected chi connectivity index (χ1v) is 4.82. The second-order valence-electron chi connectivity index (χ2n) is 3.59. The molecule has 5 heteroatoms. The van der Waals surface area contributed by atoms with Crippen LogP contribution in [0.3, 0.4) is 0 Å². The molecule has 1 aliphatic heterocycles. The molecule has 0 bridgehead atoms. The van der Waals surface area contributed by atoms with Crippen molar-refractivity contribution in [1.29, 1.82) is 5.26 Å². The molecule has 0 aliphatic carbocycles. The minimum atomic E-state index is -1.06. The van der Waals surface area contributed by atoms with E-state index in [-0.39, 0.29) is 17.4 Å². The maximum atomic E-state index is 11.0. The van der Waals surface area contributed by atoms with Gasteiger partial charge in [0.25, 0.3) is 0 Å². The fourth-order valence-corrected chi connectivity index (χ4v) is 1.63. The summed E-state index contributed by atoms with van der Waals surface area (Å²) in [7, 11) is 0. The lowest BCUT2D eigenvalue weighted by Gasteiger charge is -2.29. The van der Waals surface area contributed by atoms with Crippen LogP contribution >= 0.6 is 0 Å². The Morgan fingerprint density at radius 1 is 1.62 bits per heavy atom. The lowest BCUT2D eigenvalue weighted by atomic mass is 10.1. The first kappa shape index (κ1) is 10.3. The molecule has 2 rings (SSSR count). The van der Waals surface area contributed by atoms with Gasteiger partial charge in [-0.05, 0) is 19.1 Å². The van der Waals surface area contributed by atoms with Crippen molar-refractivity contribution >= 4 is 11.7 Å². The quantitative estimate of drug-likeness (QED) is 0.745. The van der Waals surface area contributed by atoms with Crippen LogP contribution < -0.4 is 10.1 Å². The van der Waals surface area contributed by atoms with Crippen LogP contribution in [0, 0.1) is 11.3 Å². The average molecular weight is 218 g/mol. The number of nitriles is 1. The number of para-hydroxylation sites is 1. The molecule has 1 heterocycles. The summed E-state index contributed by atoms with van der Waals surface area (Å²) >= 11 is 0. The van der Waals surface area contributed by atoms with Crippen molar-refractivity contribution in [3.05, 3.63) is 23.8 Å². The molecule has 16 heavy (non-hydrogen) atoms. The molecule has 2 unspecified atom stereocenters. The second-order valence-corrected chi connectivity index (χ2v) is 3.59. The van der Waals surface area contributed by atoms with Gasteiger partial charge in [0, 0.05) is 0 Å². The summed E-state index contributed by atoms with van der Waals surface area (Å²) in [5.74, 6) is -0.829. The van der Waals surface area contributed by atoms with Crippen molar-refractivity contribution in [2.24, 2.45) is 0 Å². The molecule has 0 saturated carbocycles. The molecule has 0 amide bonds. The number of hydrogen-bond donors (Lipinski definition) is 2. The summed E-state index contributed by atoms with van der Waals surface area (Å²) in [5.41, 5.74) is 0.677. The van der Waals surface area contributed by atoms with Crippen LogP contribution in [-0.2, 0) is 0 Å². The molecule has 0 fully saturated rings. The number of carbonyl (C=O) groups is 1. The minimum absolute atomic E-state index is 0.0668. The van der Waals surface area contributed by atoms with Crippen molar-refractivity contribution in [3.63, 3.8) is 0 Å². The van der Waals surface area contributed by atoms with Crippen LogP contribution in [0.25, 0.3) is 0 Å². The number of hydrogen-bond acceptors (Lipinski definition) is 4. The van der Waals surface area contributed by atoms with Crippen molar-refractivity contribution in [3.8, 4) is 11.8 Å². The second kappa shape index (κ2) is 3.74. The van der Waals surface area contributed by atoms with Gasteiger partial charge in [0.05, 0.1) is 11.7 Å². The average Bonchev–Trinajstić information content (AvgIpc) is 2.26. The zero-order valence-corrected chi connectivity index (χ0v) is 8.60. The Morgan fingerprint density at radius 3 is 3.00 bits per heavy atom. The maximum Gasteiger partial charge on any atom is 0.339 e. The van der Waals surface area contributed by atoms with E-state index in [2.05, 4.69) is 5.32 Å². The van der Waals surface area contributed by atoms with Crippen LogP contribution in [-0.4, -0.2) is 23.2 Å². The number of anilines is 1. The molecule has 1 aliphatic rings. The third kappa shape index (κ3) is 1.54. The van der Waals surface area contributed by atoms with Crippen LogP contribution in [0.1, 0.15) is 17.3 Å². The largest absolute Gasteiger partial charge is 0.478 e. The van der Waals surface area contributed by atoms with Crippen LogP contribution in [0.15, 0.2) is 18.2 Å². The van der Waals surface area contributed by atoms with Gasteiger partial charge in [-0.3, -0.25) is 0 Å². The van der Waals surface area contributed by atoms with E-state index in [4.69, 9.17) is 15.1 Å². The molecule has 2 N–H and O–H groups in total. The molecule has 0 aromatic heterocycles. The van der Waals surface area contributed by atoms with Crippen molar-refractivity contribution in [2.45, 2.75) is 19.1 Å². The number of aromatic carboxylic acids is 1. The number of fused-ring (bicyclic) bond motifs is 1. The van der Waals surface area contributed by atoms with Gasteiger partial charge in [-0.15, -0.1) is 0 Å². The Labute approximate surface area is 92.3 Å². The van der Waals surface area contributed by atoms with Gasteiger partial charge in [0.2, 0.25) is 6.10 Å². The summed E-state index contributed by atoms with van der Waals surface area (Å²) in [6.07, 6.45) is -0.673. The predicted molar refractivity (Wildman–Crippen MR) is 56.5 cm³/mol. The minimum Gasteiger partial charge on any atom is -0.478 e. The van der Waals surface area contributed by atoms with Crippen LogP contribution in [0.5, 0.6) is 5.75 Å². The lowest BCUT2D eigenvalue weighted by Crippen LogP contribution is -2.38. The molecule has 0 radical (unpaired) electrons. The van der Waals surface area contributed by atoms with E-state index >= 15 is 0 Å². The highest BCUT2D eigenvalue weighted by Gasteiger charge is 2.29. The molecule has 1 aromatic rings. The summed E-state index contributed by atoms with van der Waals surface area (Å²) in [6, 6.07) is 6.63. The van der Waals surface area contributed by atoms with E-state index in [1.54, 1.807) is 12.1 Å². The monoisotopic (exact) mass is 218 g/mol.